The van der Waals surface area contributed by atoms with Crippen LogP contribution in [0.4, 0.5) is 9.18 Å². The quantitative estimate of drug-likeness (QED) is 0.628. The molecular formula is C17H15FN6O2S. The van der Waals surface area contributed by atoms with Gasteiger partial charge >= 0.3 is 6.03 Å². The molecule has 0 saturated carbocycles. The third kappa shape index (κ3) is 5.35. The molecule has 0 bridgehead atoms. The van der Waals surface area contributed by atoms with Gasteiger partial charge in [-0.15, -0.1) is 5.10 Å². The van der Waals surface area contributed by atoms with Crippen LogP contribution in [0.3, 0.4) is 0 Å². The summed E-state index contributed by atoms with van der Waals surface area (Å²) in [6.45, 7) is 0.310. The van der Waals surface area contributed by atoms with Crippen molar-refractivity contribution in [2.24, 2.45) is 0 Å². The summed E-state index contributed by atoms with van der Waals surface area (Å²) in [6.07, 6.45) is 0. The van der Waals surface area contributed by atoms with Gasteiger partial charge in [0.05, 0.1) is 11.4 Å². The highest BCUT2D eigenvalue weighted by atomic mass is 32.2. The first-order chi connectivity index (χ1) is 13.1. The molecule has 3 amide bonds. The van der Waals surface area contributed by atoms with Crippen molar-refractivity contribution < 1.29 is 14.0 Å². The lowest BCUT2D eigenvalue weighted by Crippen LogP contribution is -2.40. The predicted octanol–water partition coefficient (Wildman–Crippen LogP) is 1.92. The van der Waals surface area contributed by atoms with Gasteiger partial charge in [0.1, 0.15) is 5.82 Å². The smallest absolute Gasteiger partial charge is 0.321 e. The molecule has 0 aliphatic rings. The van der Waals surface area contributed by atoms with Crippen molar-refractivity contribution in [3.05, 3.63) is 66.0 Å². The monoisotopic (exact) mass is 386 g/mol. The predicted molar refractivity (Wildman–Crippen MR) is 96.7 cm³/mol. The zero-order valence-electron chi connectivity index (χ0n) is 14.0. The van der Waals surface area contributed by atoms with Crippen molar-refractivity contribution in [3.63, 3.8) is 0 Å². The number of carbonyl (C=O) groups excluding carboxylic acids is 2. The van der Waals surface area contributed by atoms with Crippen LogP contribution in [-0.2, 0) is 11.3 Å². The van der Waals surface area contributed by atoms with Gasteiger partial charge in [-0.05, 0) is 34.2 Å². The van der Waals surface area contributed by atoms with Crippen molar-refractivity contribution in [1.82, 2.24) is 30.8 Å². The molecule has 27 heavy (non-hydrogen) atoms. The van der Waals surface area contributed by atoms with Crippen molar-refractivity contribution in [1.29, 1.82) is 0 Å². The van der Waals surface area contributed by atoms with Crippen molar-refractivity contribution in [2.45, 2.75) is 11.7 Å². The highest BCUT2D eigenvalue weighted by molar-refractivity contribution is 7.99. The number of imide groups is 1. The zero-order valence-corrected chi connectivity index (χ0v) is 14.8. The summed E-state index contributed by atoms with van der Waals surface area (Å²) < 4.78 is 14.7. The minimum absolute atomic E-state index is 0.0750. The van der Waals surface area contributed by atoms with Crippen LogP contribution in [-0.4, -0.2) is 37.9 Å². The van der Waals surface area contributed by atoms with E-state index in [-0.39, 0.29) is 5.75 Å². The Kier molecular flexibility index (Phi) is 6.10. The second kappa shape index (κ2) is 8.90. The van der Waals surface area contributed by atoms with E-state index < -0.39 is 17.8 Å². The summed E-state index contributed by atoms with van der Waals surface area (Å²) >= 11 is 1.03. The van der Waals surface area contributed by atoms with E-state index in [2.05, 4.69) is 26.2 Å². The minimum Gasteiger partial charge on any atom is -0.334 e. The number of rotatable bonds is 6. The molecule has 138 valence electrons. The molecule has 8 nitrogen and oxygen atoms in total. The van der Waals surface area contributed by atoms with Crippen LogP contribution in [0, 0.1) is 5.82 Å². The van der Waals surface area contributed by atoms with E-state index in [1.54, 1.807) is 6.07 Å². The van der Waals surface area contributed by atoms with Crippen LogP contribution in [0.2, 0.25) is 0 Å². The summed E-state index contributed by atoms with van der Waals surface area (Å²) in [7, 11) is 0. The van der Waals surface area contributed by atoms with Gasteiger partial charge in [0.2, 0.25) is 11.1 Å². The molecule has 0 spiro atoms. The molecule has 0 atom stereocenters. The van der Waals surface area contributed by atoms with Crippen LogP contribution < -0.4 is 10.6 Å². The number of halogens is 1. The number of aromatic nitrogens is 4. The van der Waals surface area contributed by atoms with Gasteiger partial charge in [0.15, 0.2) is 0 Å². The number of nitrogens with zero attached hydrogens (tertiary/aromatic N) is 4. The molecular weight excluding hydrogens is 371 g/mol. The van der Waals surface area contributed by atoms with Gasteiger partial charge in [0, 0.05) is 6.54 Å². The maximum absolute atomic E-state index is 13.3. The van der Waals surface area contributed by atoms with Crippen LogP contribution in [0.5, 0.6) is 0 Å². The number of benzene rings is 2. The van der Waals surface area contributed by atoms with E-state index in [9.17, 15) is 14.0 Å². The Hall–Kier alpha value is -3.27. The molecule has 3 rings (SSSR count). The average molecular weight is 386 g/mol. The standard InChI is InChI=1S/C17H15FN6O2S/c18-13-7-4-8-14(9-13)24-17(21-22-23-24)27-11-15(25)20-16(26)19-10-12-5-2-1-3-6-12/h1-9H,10-11H2,(H2,19,20,25,26). The highest BCUT2D eigenvalue weighted by Crippen LogP contribution is 2.18. The number of nitrogens with one attached hydrogen (secondary N) is 2. The molecule has 2 aromatic carbocycles. The Labute approximate surface area is 158 Å². The van der Waals surface area contributed by atoms with Gasteiger partial charge in [-0.2, -0.15) is 4.68 Å². The largest absolute Gasteiger partial charge is 0.334 e. The maximum atomic E-state index is 13.3. The molecule has 2 N–H and O–H groups in total. The lowest BCUT2D eigenvalue weighted by Gasteiger charge is -2.07. The average Bonchev–Trinajstić information content (AvgIpc) is 3.14. The number of tetrazole rings is 1. The second-order valence-corrected chi connectivity index (χ2v) is 6.30. The van der Waals surface area contributed by atoms with Crippen molar-refractivity contribution in [3.8, 4) is 5.69 Å². The summed E-state index contributed by atoms with van der Waals surface area (Å²) in [6, 6.07) is 14.5. The Bertz CT molecular complexity index is 934. The number of carbonyl (C=O) groups is 2. The summed E-state index contributed by atoms with van der Waals surface area (Å²) in [4.78, 5) is 23.7. The van der Waals surface area contributed by atoms with Crippen LogP contribution in [0.1, 0.15) is 5.56 Å². The number of urea groups is 1. The molecule has 0 unspecified atom stereocenters. The van der Waals surface area contributed by atoms with E-state index in [1.165, 1.54) is 22.9 Å². The van der Waals surface area contributed by atoms with Gasteiger partial charge < -0.3 is 5.32 Å². The summed E-state index contributed by atoms with van der Waals surface area (Å²) in [5.41, 5.74) is 1.35. The number of amides is 3. The fourth-order valence-corrected chi connectivity index (χ4v) is 2.84. The van der Waals surface area contributed by atoms with Crippen LogP contribution in [0.15, 0.2) is 59.8 Å². The number of hydrogen-bond donors (Lipinski definition) is 2. The normalized spacial score (nSPS) is 10.4. The van der Waals surface area contributed by atoms with Gasteiger partial charge in [0.25, 0.3) is 0 Å². The molecule has 0 aliphatic heterocycles. The topological polar surface area (TPSA) is 102 Å². The van der Waals surface area contributed by atoms with E-state index in [0.29, 0.717) is 17.4 Å². The fraction of sp³-hybridized carbons (Fsp3) is 0.118. The van der Waals surface area contributed by atoms with E-state index in [4.69, 9.17) is 0 Å². The first-order valence-corrected chi connectivity index (χ1v) is 8.89. The zero-order chi connectivity index (χ0) is 19.1. The van der Waals surface area contributed by atoms with Crippen molar-refractivity contribution >= 4 is 23.7 Å². The fourth-order valence-electron chi connectivity index (χ4n) is 2.15. The first kappa shape index (κ1) is 18.5. The first-order valence-electron chi connectivity index (χ1n) is 7.90. The molecule has 3 aromatic rings. The molecule has 0 aliphatic carbocycles. The lowest BCUT2D eigenvalue weighted by atomic mass is 10.2. The molecule has 0 radical (unpaired) electrons. The van der Waals surface area contributed by atoms with E-state index in [1.807, 2.05) is 30.3 Å². The summed E-state index contributed by atoms with van der Waals surface area (Å²) in [5, 5.41) is 16.3. The van der Waals surface area contributed by atoms with Gasteiger partial charge in [-0.25, -0.2) is 9.18 Å². The Morgan fingerprint density at radius 1 is 1.11 bits per heavy atom. The second-order valence-electron chi connectivity index (χ2n) is 5.36. The maximum Gasteiger partial charge on any atom is 0.321 e. The van der Waals surface area contributed by atoms with Crippen LogP contribution >= 0.6 is 11.8 Å². The van der Waals surface area contributed by atoms with Crippen LogP contribution in [0.25, 0.3) is 5.69 Å². The molecule has 0 saturated heterocycles. The third-order valence-corrected chi connectivity index (χ3v) is 4.29. The Balaban J connectivity index is 1.50. The number of thioether (sulfide) groups is 1. The molecule has 1 heterocycles. The minimum atomic E-state index is -0.589. The van der Waals surface area contributed by atoms with E-state index >= 15 is 0 Å². The van der Waals surface area contributed by atoms with E-state index in [0.717, 1.165) is 17.3 Å². The lowest BCUT2D eigenvalue weighted by molar-refractivity contribution is -0.117. The SMILES string of the molecule is O=C(CSc1nnnn1-c1cccc(F)c1)NC(=O)NCc1ccccc1. The van der Waals surface area contributed by atoms with Gasteiger partial charge in [-0.1, -0.05) is 48.2 Å². The molecule has 1 aromatic heterocycles. The highest BCUT2D eigenvalue weighted by Gasteiger charge is 2.13. The Morgan fingerprint density at radius 2 is 1.93 bits per heavy atom. The van der Waals surface area contributed by atoms with Gasteiger partial charge in [-0.3, -0.25) is 10.1 Å². The van der Waals surface area contributed by atoms with Crippen molar-refractivity contribution in [2.75, 3.05) is 5.75 Å². The molecule has 10 heteroatoms. The number of hydrogen-bond acceptors (Lipinski definition) is 6. The molecule has 0 fully saturated rings. The Morgan fingerprint density at radius 3 is 2.70 bits per heavy atom. The third-order valence-electron chi connectivity index (χ3n) is 3.37. The summed E-state index contributed by atoms with van der Waals surface area (Å²) in [5.74, 6) is -1.000.